The van der Waals surface area contributed by atoms with Crippen LogP contribution in [0.4, 0.5) is 0 Å². The number of hydrogen-bond acceptors (Lipinski definition) is 0. The minimum atomic E-state index is 0.114. The molecule has 0 nitrogen and oxygen atoms in total. The molecule has 1 saturated carbocycles. The molecule has 0 heterocycles. The molecule has 0 saturated heterocycles. The molecule has 0 aromatic heterocycles. The maximum atomic E-state index is 2.66. The molecule has 3 aliphatic rings. The van der Waals surface area contributed by atoms with Crippen LogP contribution in [0.5, 0.6) is 0 Å². The van der Waals surface area contributed by atoms with Gasteiger partial charge in [0.25, 0.3) is 0 Å². The zero-order chi connectivity index (χ0) is 19.2. The Balaban J connectivity index is 1.66. The van der Waals surface area contributed by atoms with Gasteiger partial charge in [-0.15, -0.1) is 0 Å². The molecular weight excluding hydrogens is 439 g/mol. The first-order valence-corrected chi connectivity index (χ1v) is 12.0. The predicted molar refractivity (Wildman–Crippen MR) is 127 cm³/mol. The number of allylic oxidation sites excluding steroid dienone is 6. The highest BCUT2D eigenvalue weighted by Crippen LogP contribution is 2.50. The second-order valence-electron chi connectivity index (χ2n) is 9.24. The van der Waals surface area contributed by atoms with E-state index in [0.29, 0.717) is 5.92 Å². The van der Waals surface area contributed by atoms with Gasteiger partial charge in [-0.05, 0) is 78.7 Å². The third-order valence-corrected chi connectivity index (χ3v) is 8.42. The van der Waals surface area contributed by atoms with Crippen LogP contribution in [0.25, 0.3) is 5.57 Å². The van der Waals surface area contributed by atoms with Crippen molar-refractivity contribution in [1.29, 1.82) is 0 Å². The lowest BCUT2D eigenvalue weighted by Crippen LogP contribution is -2.27. The lowest BCUT2D eigenvalue weighted by atomic mass is 9.69. The molecule has 144 valence electrons. The van der Waals surface area contributed by atoms with E-state index in [9.17, 15) is 0 Å². The Hall–Kier alpha value is -0.830. The Morgan fingerprint density at radius 2 is 1.96 bits per heavy atom. The minimum Gasteiger partial charge on any atom is -0.0873 e. The van der Waals surface area contributed by atoms with E-state index >= 15 is 0 Å². The highest BCUT2D eigenvalue weighted by Gasteiger charge is 2.37. The van der Waals surface area contributed by atoms with E-state index in [-0.39, 0.29) is 5.41 Å². The Bertz CT molecular complexity index is 807. The van der Waals surface area contributed by atoms with E-state index < -0.39 is 0 Å². The van der Waals surface area contributed by atoms with Crippen molar-refractivity contribution >= 4 is 28.2 Å². The summed E-state index contributed by atoms with van der Waals surface area (Å²) in [6, 6.07) is 7.38. The topological polar surface area (TPSA) is 0 Å². The lowest BCUT2D eigenvalue weighted by molar-refractivity contribution is 0.258. The van der Waals surface area contributed by atoms with E-state index in [0.717, 1.165) is 22.2 Å². The van der Waals surface area contributed by atoms with E-state index in [1.807, 2.05) is 0 Å². The highest BCUT2D eigenvalue weighted by atomic mass is 127. The normalized spacial score (nSPS) is 32.0. The summed E-state index contributed by atoms with van der Waals surface area (Å²) >= 11 is 2.66. The monoisotopic (exact) mass is 472 g/mol. The smallest absolute Gasteiger partial charge is 0.0155 e. The molecule has 1 aromatic carbocycles. The highest BCUT2D eigenvalue weighted by molar-refractivity contribution is 14.1. The summed E-state index contributed by atoms with van der Waals surface area (Å²) in [5, 5.41) is 0. The van der Waals surface area contributed by atoms with Gasteiger partial charge in [0.2, 0.25) is 0 Å². The fourth-order valence-electron chi connectivity index (χ4n) is 5.77. The average molecular weight is 472 g/mol. The van der Waals surface area contributed by atoms with Crippen molar-refractivity contribution in [2.24, 2.45) is 11.8 Å². The van der Waals surface area contributed by atoms with Crippen molar-refractivity contribution in [3.05, 3.63) is 64.8 Å². The SMILES string of the molecule is C/C=C\C1=C(CC)c2ccc(C3C=CC4CC(I)CC[C@H]4C3)cc2C1(C)C. The molecule has 4 atom stereocenters. The first-order chi connectivity index (χ1) is 13.0. The van der Waals surface area contributed by atoms with Crippen LogP contribution < -0.4 is 0 Å². The molecule has 1 fully saturated rings. The summed E-state index contributed by atoms with van der Waals surface area (Å²) < 4.78 is 0.884. The Labute approximate surface area is 179 Å². The van der Waals surface area contributed by atoms with Gasteiger partial charge >= 0.3 is 0 Å². The third-order valence-electron chi connectivity index (χ3n) is 7.29. The van der Waals surface area contributed by atoms with Gasteiger partial charge in [0, 0.05) is 15.3 Å². The van der Waals surface area contributed by atoms with Crippen LogP contribution in [0, 0.1) is 11.8 Å². The summed E-state index contributed by atoms with van der Waals surface area (Å²) in [5.74, 6) is 2.33. The molecule has 0 amide bonds. The number of alkyl halides is 1. The molecule has 3 aliphatic carbocycles. The van der Waals surface area contributed by atoms with Crippen LogP contribution in [0.3, 0.4) is 0 Å². The largest absolute Gasteiger partial charge is 0.0873 e. The van der Waals surface area contributed by atoms with E-state index in [1.54, 1.807) is 5.57 Å². The zero-order valence-electron chi connectivity index (χ0n) is 17.3. The lowest BCUT2D eigenvalue weighted by Gasteiger charge is -2.37. The van der Waals surface area contributed by atoms with Crippen LogP contribution in [0.2, 0.25) is 0 Å². The third kappa shape index (κ3) is 3.39. The second kappa shape index (κ2) is 7.54. The van der Waals surface area contributed by atoms with Crippen LogP contribution in [-0.2, 0) is 5.41 Å². The van der Waals surface area contributed by atoms with Gasteiger partial charge in [0.15, 0.2) is 0 Å². The van der Waals surface area contributed by atoms with E-state index in [2.05, 4.69) is 92.8 Å². The quantitative estimate of drug-likeness (QED) is 0.238. The molecule has 1 aromatic rings. The molecule has 27 heavy (non-hydrogen) atoms. The standard InChI is InChI=1S/C26H33I/c1-5-7-24-22(6-2)23-13-11-20(16-25(23)26(24,3)4)17-8-9-19-15-21(27)12-10-18(19)14-17/h5,7-9,11,13,16-19,21H,6,10,12,14-15H2,1-4H3/b7-5-/t17?,18-,19?,21?/m0/s1. The molecule has 0 radical (unpaired) electrons. The van der Waals surface area contributed by atoms with Crippen LogP contribution >= 0.6 is 22.6 Å². The zero-order valence-corrected chi connectivity index (χ0v) is 19.4. The van der Waals surface area contributed by atoms with Gasteiger partial charge in [-0.3, -0.25) is 0 Å². The number of benzene rings is 1. The van der Waals surface area contributed by atoms with Crippen molar-refractivity contribution in [2.45, 2.75) is 75.1 Å². The van der Waals surface area contributed by atoms with Crippen LogP contribution in [-0.4, -0.2) is 3.92 Å². The maximum absolute atomic E-state index is 2.66. The van der Waals surface area contributed by atoms with Crippen molar-refractivity contribution < 1.29 is 0 Å². The summed E-state index contributed by atoms with van der Waals surface area (Å²) in [4.78, 5) is 0. The van der Waals surface area contributed by atoms with Crippen molar-refractivity contribution in [2.75, 3.05) is 0 Å². The second-order valence-corrected chi connectivity index (χ2v) is 11.0. The molecule has 0 bridgehead atoms. The van der Waals surface area contributed by atoms with Gasteiger partial charge in [-0.2, -0.15) is 0 Å². The summed E-state index contributed by atoms with van der Waals surface area (Å²) in [5.41, 5.74) is 7.73. The molecule has 0 aliphatic heterocycles. The van der Waals surface area contributed by atoms with Crippen LogP contribution in [0.15, 0.2) is 48.1 Å². The number of fused-ring (bicyclic) bond motifs is 2. The first kappa shape index (κ1) is 19.5. The van der Waals surface area contributed by atoms with Gasteiger partial charge < -0.3 is 0 Å². The summed E-state index contributed by atoms with van der Waals surface area (Å²) in [6.45, 7) is 9.24. The minimum absolute atomic E-state index is 0.114. The number of halogens is 1. The van der Waals surface area contributed by atoms with Crippen molar-refractivity contribution in [3.8, 4) is 0 Å². The Morgan fingerprint density at radius 1 is 1.15 bits per heavy atom. The Kier molecular flexibility index (Phi) is 5.44. The Morgan fingerprint density at radius 3 is 2.70 bits per heavy atom. The van der Waals surface area contributed by atoms with Gasteiger partial charge in [0.05, 0.1) is 0 Å². The number of rotatable bonds is 3. The summed E-state index contributed by atoms with van der Waals surface area (Å²) in [7, 11) is 0. The predicted octanol–water partition coefficient (Wildman–Crippen LogP) is 7.98. The van der Waals surface area contributed by atoms with Crippen molar-refractivity contribution in [1.82, 2.24) is 0 Å². The van der Waals surface area contributed by atoms with E-state index in [4.69, 9.17) is 0 Å². The molecule has 3 unspecified atom stereocenters. The molecule has 0 spiro atoms. The van der Waals surface area contributed by atoms with Gasteiger partial charge in [0.1, 0.15) is 0 Å². The number of hydrogen-bond donors (Lipinski definition) is 0. The van der Waals surface area contributed by atoms with Crippen molar-refractivity contribution in [3.63, 3.8) is 0 Å². The van der Waals surface area contributed by atoms with E-state index in [1.165, 1.54) is 47.9 Å². The van der Waals surface area contributed by atoms with Crippen LogP contribution in [0.1, 0.15) is 82.4 Å². The first-order valence-electron chi connectivity index (χ1n) is 10.8. The molecular formula is C26H33I. The fraction of sp³-hybridized carbons (Fsp3) is 0.538. The molecule has 1 heteroatoms. The summed E-state index contributed by atoms with van der Waals surface area (Å²) in [6.07, 6.45) is 16.3. The average Bonchev–Trinajstić information content (AvgIpc) is 2.88. The maximum Gasteiger partial charge on any atom is 0.0155 e. The van der Waals surface area contributed by atoms with Gasteiger partial charge in [-0.25, -0.2) is 0 Å². The van der Waals surface area contributed by atoms with Gasteiger partial charge in [-0.1, -0.05) is 85.9 Å². The molecule has 4 rings (SSSR count). The molecule has 0 N–H and O–H groups in total. The fourth-order valence-corrected chi connectivity index (χ4v) is 6.72.